The van der Waals surface area contributed by atoms with Gasteiger partial charge < -0.3 is 9.88 Å². The van der Waals surface area contributed by atoms with E-state index in [0.29, 0.717) is 32.9 Å². The van der Waals surface area contributed by atoms with Crippen LogP contribution in [0.15, 0.2) is 58.5 Å². The molecule has 0 aliphatic carbocycles. The van der Waals surface area contributed by atoms with Gasteiger partial charge in [-0.1, -0.05) is 53.7 Å². The number of thioether (sulfide) groups is 1. The van der Waals surface area contributed by atoms with Crippen LogP contribution in [0.5, 0.6) is 0 Å². The molecule has 0 spiro atoms. The predicted molar refractivity (Wildman–Crippen MR) is 112 cm³/mol. The first-order chi connectivity index (χ1) is 13.9. The van der Waals surface area contributed by atoms with E-state index in [2.05, 4.69) is 10.3 Å². The minimum Gasteiger partial charge on any atom is -0.312 e. The van der Waals surface area contributed by atoms with Crippen LogP contribution in [0, 0.1) is 5.82 Å². The van der Waals surface area contributed by atoms with Crippen LogP contribution < -0.4 is 10.9 Å². The third-order valence-electron chi connectivity index (χ3n) is 4.87. The van der Waals surface area contributed by atoms with Gasteiger partial charge >= 0.3 is 0 Å². The summed E-state index contributed by atoms with van der Waals surface area (Å²) in [4.78, 5) is 29.4. The zero-order valence-corrected chi connectivity index (χ0v) is 17.1. The maximum Gasteiger partial charge on any atom is 0.279 e. The van der Waals surface area contributed by atoms with E-state index >= 15 is 0 Å². The number of benzene rings is 2. The third-order valence-corrected chi connectivity index (χ3v) is 6.31. The van der Waals surface area contributed by atoms with Gasteiger partial charge in [0.05, 0.1) is 5.56 Å². The normalized spacial score (nSPS) is 15.7. The molecule has 4 rings (SSSR count). The van der Waals surface area contributed by atoms with Gasteiger partial charge in [0.1, 0.15) is 11.6 Å². The van der Waals surface area contributed by atoms with E-state index in [-0.39, 0.29) is 12.3 Å². The van der Waals surface area contributed by atoms with Crippen LogP contribution in [0.25, 0.3) is 0 Å². The molecule has 1 aliphatic rings. The zero-order chi connectivity index (χ0) is 20.5. The van der Waals surface area contributed by atoms with Crippen molar-refractivity contribution in [1.82, 2.24) is 9.55 Å². The average Bonchev–Trinajstić information content (AvgIpc) is 2.70. The Bertz CT molecular complexity index is 1160. The predicted octanol–water partition coefficient (Wildman–Crippen LogP) is 4.34. The van der Waals surface area contributed by atoms with Crippen LogP contribution in [-0.4, -0.2) is 15.5 Å². The van der Waals surface area contributed by atoms with Gasteiger partial charge in [-0.05, 0) is 29.3 Å². The maximum absolute atomic E-state index is 13.7. The zero-order valence-electron chi connectivity index (χ0n) is 15.5. The highest BCUT2D eigenvalue weighted by molar-refractivity contribution is 7.98. The van der Waals surface area contributed by atoms with Gasteiger partial charge in [0.25, 0.3) is 5.56 Å². The highest BCUT2D eigenvalue weighted by Crippen LogP contribution is 2.36. The molecular formula is C21H17ClFN3O2S. The van der Waals surface area contributed by atoms with E-state index in [9.17, 15) is 14.0 Å². The molecule has 0 saturated carbocycles. The number of halogens is 2. The molecule has 1 unspecified atom stereocenters. The molecule has 0 bridgehead atoms. The van der Waals surface area contributed by atoms with Gasteiger partial charge in [-0.3, -0.25) is 9.59 Å². The van der Waals surface area contributed by atoms with Gasteiger partial charge in [-0.15, -0.1) is 0 Å². The molecule has 0 radical (unpaired) electrons. The van der Waals surface area contributed by atoms with Crippen molar-refractivity contribution in [3.8, 4) is 0 Å². The molecule has 0 saturated heterocycles. The van der Waals surface area contributed by atoms with Crippen LogP contribution in [0.1, 0.15) is 29.0 Å². The fourth-order valence-electron chi connectivity index (χ4n) is 3.43. The highest BCUT2D eigenvalue weighted by atomic mass is 35.5. The Morgan fingerprint density at radius 3 is 2.79 bits per heavy atom. The second-order valence-electron chi connectivity index (χ2n) is 6.76. The van der Waals surface area contributed by atoms with Crippen molar-refractivity contribution in [3.63, 3.8) is 0 Å². The molecule has 5 nitrogen and oxygen atoms in total. The number of hydrogen-bond acceptors (Lipinski definition) is 4. The molecule has 1 aromatic heterocycles. The lowest BCUT2D eigenvalue weighted by atomic mass is 9.87. The lowest BCUT2D eigenvalue weighted by Gasteiger charge is -2.27. The summed E-state index contributed by atoms with van der Waals surface area (Å²) < 4.78 is 15.4. The number of carbonyl (C=O) groups is 1. The monoisotopic (exact) mass is 429 g/mol. The number of carbonyl (C=O) groups excluding carboxylic acids is 1. The summed E-state index contributed by atoms with van der Waals surface area (Å²) in [7, 11) is 1.74. The molecule has 29 heavy (non-hydrogen) atoms. The Balaban J connectivity index is 1.73. The fourth-order valence-corrected chi connectivity index (χ4v) is 4.68. The Morgan fingerprint density at radius 2 is 2.03 bits per heavy atom. The summed E-state index contributed by atoms with van der Waals surface area (Å²) in [5.74, 6) is -0.248. The smallest absolute Gasteiger partial charge is 0.279 e. The van der Waals surface area contributed by atoms with Gasteiger partial charge in [0.2, 0.25) is 5.91 Å². The highest BCUT2D eigenvalue weighted by Gasteiger charge is 2.32. The molecule has 3 aromatic rings. The van der Waals surface area contributed by atoms with Gasteiger partial charge in [0, 0.05) is 30.2 Å². The number of aromatic nitrogens is 2. The van der Waals surface area contributed by atoms with Gasteiger partial charge in [-0.2, -0.15) is 4.98 Å². The Labute approximate surface area is 175 Å². The molecule has 2 aromatic carbocycles. The summed E-state index contributed by atoms with van der Waals surface area (Å²) >= 11 is 7.56. The Kier molecular flexibility index (Phi) is 5.43. The van der Waals surface area contributed by atoms with E-state index < -0.39 is 17.3 Å². The van der Waals surface area contributed by atoms with E-state index in [1.165, 1.54) is 23.9 Å². The van der Waals surface area contributed by atoms with Gasteiger partial charge in [-0.25, -0.2) is 4.39 Å². The van der Waals surface area contributed by atoms with E-state index in [4.69, 9.17) is 11.6 Å². The van der Waals surface area contributed by atoms with Crippen LogP contribution >= 0.6 is 23.4 Å². The molecular weight excluding hydrogens is 413 g/mol. The number of fused-ring (bicyclic) bond motifs is 1. The minimum absolute atomic E-state index is 0.0689. The van der Waals surface area contributed by atoms with Crippen molar-refractivity contribution >= 4 is 35.1 Å². The molecule has 1 N–H and O–H groups in total. The first-order valence-electron chi connectivity index (χ1n) is 8.96. The number of nitrogens with one attached hydrogen (secondary N) is 1. The van der Waals surface area contributed by atoms with Gasteiger partial charge in [0.15, 0.2) is 5.16 Å². The molecule has 1 amide bonds. The topological polar surface area (TPSA) is 64.0 Å². The van der Waals surface area contributed by atoms with Crippen molar-refractivity contribution in [1.29, 1.82) is 0 Å². The van der Waals surface area contributed by atoms with Crippen LogP contribution in [0.4, 0.5) is 10.2 Å². The van der Waals surface area contributed by atoms with E-state index in [0.717, 1.165) is 5.56 Å². The number of anilines is 1. The lowest BCUT2D eigenvalue weighted by Crippen LogP contribution is -2.33. The molecule has 0 fully saturated rings. The molecule has 1 atom stereocenters. The molecule has 8 heteroatoms. The Hall–Kier alpha value is -2.64. The number of rotatable bonds is 4. The van der Waals surface area contributed by atoms with Crippen molar-refractivity contribution < 1.29 is 9.18 Å². The fraction of sp³-hybridized carbons (Fsp3) is 0.190. The molecule has 148 valence electrons. The Morgan fingerprint density at radius 1 is 1.24 bits per heavy atom. The standard InChI is InChI=1S/C21H17ClFN3O2S/c1-26-19-18(15(10-17(27)24-19)12-6-4-7-14(23)9-12)20(28)25-21(26)29-11-13-5-2-3-8-16(13)22/h2-9,15H,10-11H2,1H3,(H,24,27). The second kappa shape index (κ2) is 8.00. The number of hydrogen-bond donors (Lipinski definition) is 1. The molecule has 1 aliphatic heterocycles. The summed E-state index contributed by atoms with van der Waals surface area (Å²) in [5, 5.41) is 3.89. The van der Waals surface area contributed by atoms with E-state index in [1.807, 2.05) is 18.2 Å². The largest absolute Gasteiger partial charge is 0.312 e. The number of amides is 1. The van der Waals surface area contributed by atoms with Crippen molar-refractivity contribution in [2.75, 3.05) is 5.32 Å². The lowest BCUT2D eigenvalue weighted by molar-refractivity contribution is -0.116. The second-order valence-corrected chi connectivity index (χ2v) is 8.11. The molecule has 2 heterocycles. The number of nitrogens with zero attached hydrogens (tertiary/aromatic N) is 2. The van der Waals surface area contributed by atoms with Crippen LogP contribution in [-0.2, 0) is 17.6 Å². The van der Waals surface area contributed by atoms with Crippen molar-refractivity contribution in [3.05, 3.63) is 86.4 Å². The summed E-state index contributed by atoms with van der Waals surface area (Å²) in [5.41, 5.74) is 1.46. The first-order valence-corrected chi connectivity index (χ1v) is 10.3. The maximum atomic E-state index is 13.7. The van der Waals surface area contributed by atoms with Crippen molar-refractivity contribution in [2.24, 2.45) is 7.05 Å². The quantitative estimate of drug-likeness (QED) is 0.495. The summed E-state index contributed by atoms with van der Waals surface area (Å²) in [6, 6.07) is 13.4. The minimum atomic E-state index is -0.539. The summed E-state index contributed by atoms with van der Waals surface area (Å²) in [6.45, 7) is 0. The summed E-state index contributed by atoms with van der Waals surface area (Å²) in [6.07, 6.45) is 0.0689. The van der Waals surface area contributed by atoms with Crippen LogP contribution in [0.3, 0.4) is 0 Å². The first kappa shape index (κ1) is 19.7. The third kappa shape index (κ3) is 3.93. The van der Waals surface area contributed by atoms with Crippen molar-refractivity contribution in [2.45, 2.75) is 23.2 Å². The van der Waals surface area contributed by atoms with E-state index in [1.54, 1.807) is 29.8 Å². The SMILES string of the molecule is Cn1c(SCc2ccccc2Cl)nc(=O)c2c1NC(=O)CC2c1cccc(F)c1. The average molecular weight is 430 g/mol. The van der Waals surface area contributed by atoms with Crippen LogP contribution in [0.2, 0.25) is 5.02 Å².